The average Bonchev–Trinajstić information content (AvgIpc) is 2.28. The van der Waals surface area contributed by atoms with Crippen molar-refractivity contribution >= 4 is 18.0 Å². The number of allylic oxidation sites excluding steroid dienone is 1. The molecule has 1 aliphatic rings. The van der Waals surface area contributed by atoms with Crippen molar-refractivity contribution in [2.45, 2.75) is 26.7 Å². The van der Waals surface area contributed by atoms with Crippen LogP contribution in [0.3, 0.4) is 0 Å². The fraction of sp³-hybridized carbons (Fsp3) is 0.286. The van der Waals surface area contributed by atoms with E-state index in [4.69, 9.17) is 9.47 Å². The molecule has 0 atom stereocenters. The first kappa shape index (κ1) is 12.4. The van der Waals surface area contributed by atoms with Crippen molar-refractivity contribution < 1.29 is 19.1 Å². The molecular formula is C14H14O4. The first-order valence-corrected chi connectivity index (χ1v) is 5.76. The lowest BCUT2D eigenvalue weighted by Gasteiger charge is -2.15. The van der Waals surface area contributed by atoms with Crippen molar-refractivity contribution in [3.05, 3.63) is 29.3 Å². The second-order valence-corrected chi connectivity index (χ2v) is 4.13. The lowest BCUT2D eigenvalue weighted by atomic mass is 9.97. The van der Waals surface area contributed by atoms with E-state index in [1.165, 1.54) is 13.8 Å². The number of carbonyl (C=O) groups is 2. The Morgan fingerprint density at radius 1 is 1.06 bits per heavy atom. The third-order valence-electron chi connectivity index (χ3n) is 2.59. The van der Waals surface area contributed by atoms with Crippen molar-refractivity contribution in [3.63, 3.8) is 0 Å². The van der Waals surface area contributed by atoms with Gasteiger partial charge in [-0.3, -0.25) is 9.59 Å². The normalized spacial score (nSPS) is 12.8. The SMILES string of the molecule is CC(=O)Oc1cc2c(cc1OC(C)=O)CCC=C2. The van der Waals surface area contributed by atoms with Crippen LogP contribution < -0.4 is 9.47 Å². The summed E-state index contributed by atoms with van der Waals surface area (Å²) < 4.78 is 10.1. The lowest BCUT2D eigenvalue weighted by Crippen LogP contribution is -2.08. The number of carbonyl (C=O) groups excluding carboxylic acids is 2. The molecule has 0 fully saturated rings. The molecule has 0 N–H and O–H groups in total. The molecule has 0 aromatic heterocycles. The van der Waals surface area contributed by atoms with E-state index in [0.29, 0.717) is 5.75 Å². The number of rotatable bonds is 2. The van der Waals surface area contributed by atoms with E-state index in [0.717, 1.165) is 24.0 Å². The fourth-order valence-corrected chi connectivity index (χ4v) is 1.91. The maximum Gasteiger partial charge on any atom is 0.308 e. The predicted octanol–water partition coefficient (Wildman–Crippen LogP) is 2.50. The summed E-state index contributed by atoms with van der Waals surface area (Å²) in [5, 5.41) is 0. The number of ether oxygens (including phenoxy) is 2. The van der Waals surface area contributed by atoms with Crippen LogP contribution in [0.4, 0.5) is 0 Å². The van der Waals surface area contributed by atoms with Crippen LogP contribution in [-0.2, 0) is 16.0 Å². The Bertz CT molecular complexity index is 529. The molecule has 0 radical (unpaired) electrons. The minimum absolute atomic E-state index is 0.281. The van der Waals surface area contributed by atoms with Crippen molar-refractivity contribution in [1.29, 1.82) is 0 Å². The Hall–Kier alpha value is -2.10. The van der Waals surface area contributed by atoms with Gasteiger partial charge in [-0.1, -0.05) is 12.2 Å². The molecule has 4 heteroatoms. The zero-order valence-electron chi connectivity index (χ0n) is 10.4. The predicted molar refractivity (Wildman–Crippen MR) is 66.4 cm³/mol. The summed E-state index contributed by atoms with van der Waals surface area (Å²) in [6.07, 6.45) is 5.88. The quantitative estimate of drug-likeness (QED) is 0.594. The molecule has 1 aromatic carbocycles. The molecule has 0 spiro atoms. The van der Waals surface area contributed by atoms with E-state index in [1.54, 1.807) is 12.1 Å². The Labute approximate surface area is 105 Å². The summed E-state index contributed by atoms with van der Waals surface area (Å²) in [5.41, 5.74) is 2.08. The molecule has 2 rings (SSSR count). The Kier molecular flexibility index (Phi) is 3.46. The van der Waals surface area contributed by atoms with E-state index in [-0.39, 0.29) is 5.75 Å². The second-order valence-electron chi connectivity index (χ2n) is 4.13. The van der Waals surface area contributed by atoms with Gasteiger partial charge in [0.1, 0.15) is 0 Å². The molecule has 0 amide bonds. The van der Waals surface area contributed by atoms with Gasteiger partial charge in [-0.05, 0) is 36.1 Å². The van der Waals surface area contributed by atoms with Crippen molar-refractivity contribution in [2.24, 2.45) is 0 Å². The maximum absolute atomic E-state index is 11.0. The number of aryl methyl sites for hydroxylation is 1. The first-order valence-electron chi connectivity index (χ1n) is 5.76. The molecule has 0 unspecified atom stereocenters. The highest BCUT2D eigenvalue weighted by atomic mass is 16.6. The van der Waals surface area contributed by atoms with E-state index in [1.807, 2.05) is 6.08 Å². The molecule has 0 saturated heterocycles. The summed E-state index contributed by atoms with van der Waals surface area (Å²) in [5.74, 6) is -0.299. The lowest BCUT2D eigenvalue weighted by molar-refractivity contribution is -0.134. The van der Waals surface area contributed by atoms with Crippen LogP contribution in [0.1, 0.15) is 31.4 Å². The number of fused-ring (bicyclic) bond motifs is 1. The molecule has 94 valence electrons. The zero-order valence-corrected chi connectivity index (χ0v) is 10.4. The third-order valence-corrected chi connectivity index (χ3v) is 2.59. The van der Waals surface area contributed by atoms with E-state index in [9.17, 15) is 9.59 Å². The second kappa shape index (κ2) is 5.04. The van der Waals surface area contributed by atoms with Crippen LogP contribution in [0.25, 0.3) is 6.08 Å². The zero-order chi connectivity index (χ0) is 13.1. The Morgan fingerprint density at radius 3 is 2.28 bits per heavy atom. The fourth-order valence-electron chi connectivity index (χ4n) is 1.91. The third kappa shape index (κ3) is 2.77. The number of hydrogen-bond donors (Lipinski definition) is 0. The highest BCUT2D eigenvalue weighted by molar-refractivity contribution is 5.75. The van der Waals surface area contributed by atoms with Crippen molar-refractivity contribution in [2.75, 3.05) is 0 Å². The van der Waals surface area contributed by atoms with Gasteiger partial charge in [-0.25, -0.2) is 0 Å². The topological polar surface area (TPSA) is 52.6 Å². The van der Waals surface area contributed by atoms with E-state index < -0.39 is 11.9 Å². The summed E-state index contributed by atoms with van der Waals surface area (Å²) in [4.78, 5) is 22.1. The largest absolute Gasteiger partial charge is 0.423 e. The molecule has 1 aliphatic carbocycles. The van der Waals surface area contributed by atoms with Crippen LogP contribution in [0.15, 0.2) is 18.2 Å². The van der Waals surface area contributed by atoms with Gasteiger partial charge in [0.05, 0.1) is 0 Å². The van der Waals surface area contributed by atoms with Crippen LogP contribution in [0.2, 0.25) is 0 Å². The summed E-state index contributed by atoms with van der Waals surface area (Å²) in [6.45, 7) is 2.63. The monoisotopic (exact) mass is 246 g/mol. The van der Waals surface area contributed by atoms with Gasteiger partial charge in [0, 0.05) is 13.8 Å². The molecule has 0 heterocycles. The van der Waals surface area contributed by atoms with Gasteiger partial charge in [0.15, 0.2) is 11.5 Å². The number of esters is 2. The van der Waals surface area contributed by atoms with Crippen LogP contribution in [-0.4, -0.2) is 11.9 Å². The van der Waals surface area contributed by atoms with E-state index >= 15 is 0 Å². The molecule has 0 bridgehead atoms. The van der Waals surface area contributed by atoms with Crippen molar-refractivity contribution in [1.82, 2.24) is 0 Å². The average molecular weight is 246 g/mol. The number of hydrogen-bond acceptors (Lipinski definition) is 4. The van der Waals surface area contributed by atoms with Gasteiger partial charge in [-0.15, -0.1) is 0 Å². The minimum Gasteiger partial charge on any atom is -0.423 e. The smallest absolute Gasteiger partial charge is 0.308 e. The van der Waals surface area contributed by atoms with Crippen LogP contribution in [0, 0.1) is 0 Å². The summed E-state index contributed by atoms with van der Waals surface area (Å²) >= 11 is 0. The highest BCUT2D eigenvalue weighted by Gasteiger charge is 2.15. The molecule has 18 heavy (non-hydrogen) atoms. The van der Waals surface area contributed by atoms with Gasteiger partial charge in [0.2, 0.25) is 0 Å². The van der Waals surface area contributed by atoms with Crippen molar-refractivity contribution in [3.8, 4) is 11.5 Å². The maximum atomic E-state index is 11.0. The van der Waals surface area contributed by atoms with Crippen LogP contribution >= 0.6 is 0 Å². The van der Waals surface area contributed by atoms with Gasteiger partial charge >= 0.3 is 11.9 Å². The van der Waals surface area contributed by atoms with Gasteiger partial charge in [0.25, 0.3) is 0 Å². The highest BCUT2D eigenvalue weighted by Crippen LogP contribution is 2.34. The minimum atomic E-state index is -0.442. The summed E-state index contributed by atoms with van der Waals surface area (Å²) in [6, 6.07) is 3.49. The van der Waals surface area contributed by atoms with Gasteiger partial charge < -0.3 is 9.47 Å². The standard InChI is InChI=1S/C14H14O4/c1-9(15)17-13-7-11-5-3-4-6-12(11)8-14(13)18-10(2)16/h3,5,7-8H,4,6H2,1-2H3. The summed E-state index contributed by atoms with van der Waals surface area (Å²) in [7, 11) is 0. The molecule has 0 saturated carbocycles. The number of benzene rings is 1. The van der Waals surface area contributed by atoms with E-state index in [2.05, 4.69) is 6.08 Å². The Balaban J connectivity index is 2.44. The van der Waals surface area contributed by atoms with Gasteiger partial charge in [-0.2, -0.15) is 0 Å². The molecular weight excluding hydrogens is 232 g/mol. The molecule has 0 aliphatic heterocycles. The van der Waals surface area contributed by atoms with Crippen LogP contribution in [0.5, 0.6) is 11.5 Å². The molecule has 1 aromatic rings. The molecule has 4 nitrogen and oxygen atoms in total. The first-order chi connectivity index (χ1) is 8.56. The Morgan fingerprint density at radius 2 is 1.67 bits per heavy atom.